The maximum absolute atomic E-state index is 11.0. The topological polar surface area (TPSA) is 149 Å². The number of rotatable bonds is 9. The first-order valence-electron chi connectivity index (χ1n) is 6.18. The van der Waals surface area contributed by atoms with E-state index in [2.05, 4.69) is 6.58 Å². The van der Waals surface area contributed by atoms with Crippen molar-refractivity contribution in [2.24, 2.45) is 23.2 Å². The highest BCUT2D eigenvalue weighted by Crippen LogP contribution is 2.61. The third-order valence-corrected chi connectivity index (χ3v) is 3.95. The summed E-state index contributed by atoms with van der Waals surface area (Å²) in [6.07, 6.45) is 1.18. The van der Waals surface area contributed by atoms with Crippen molar-refractivity contribution >= 4 is 23.9 Å². The molecule has 0 radical (unpaired) electrons. The molecule has 1 aliphatic rings. The molecule has 1 aliphatic carbocycles. The lowest BCUT2D eigenvalue weighted by atomic mass is 9.82. The predicted molar refractivity (Wildman–Crippen MR) is 67.5 cm³/mol. The maximum atomic E-state index is 11.0. The van der Waals surface area contributed by atoms with E-state index in [1.54, 1.807) is 0 Å². The van der Waals surface area contributed by atoms with Crippen molar-refractivity contribution in [3.63, 3.8) is 0 Å². The van der Waals surface area contributed by atoms with Crippen LogP contribution in [0.1, 0.15) is 19.3 Å². The minimum Gasteiger partial charge on any atom is -0.481 e. The highest BCUT2D eigenvalue weighted by molar-refractivity contribution is 5.94. The molecular formula is C13H16O8. The van der Waals surface area contributed by atoms with E-state index in [-0.39, 0.29) is 18.8 Å². The highest BCUT2D eigenvalue weighted by Gasteiger charge is 2.57. The van der Waals surface area contributed by atoms with Gasteiger partial charge in [0.25, 0.3) is 0 Å². The van der Waals surface area contributed by atoms with Crippen LogP contribution in [0, 0.1) is 23.2 Å². The lowest BCUT2D eigenvalue weighted by Crippen LogP contribution is -2.31. The summed E-state index contributed by atoms with van der Waals surface area (Å²) < 4.78 is 0. The molecule has 0 aromatic heterocycles. The van der Waals surface area contributed by atoms with Crippen LogP contribution in [0.2, 0.25) is 0 Å². The Labute approximate surface area is 119 Å². The summed E-state index contributed by atoms with van der Waals surface area (Å²) in [5.41, 5.74) is -0.954. The Morgan fingerprint density at radius 3 is 1.48 bits per heavy atom. The van der Waals surface area contributed by atoms with E-state index in [9.17, 15) is 19.2 Å². The first-order valence-corrected chi connectivity index (χ1v) is 6.18. The van der Waals surface area contributed by atoms with Gasteiger partial charge in [0, 0.05) is 0 Å². The molecule has 0 heterocycles. The quantitative estimate of drug-likeness (QED) is 0.356. The van der Waals surface area contributed by atoms with Gasteiger partial charge < -0.3 is 20.4 Å². The van der Waals surface area contributed by atoms with Gasteiger partial charge in [-0.1, -0.05) is 6.08 Å². The van der Waals surface area contributed by atoms with Gasteiger partial charge in [-0.3, -0.25) is 19.2 Å². The Morgan fingerprint density at radius 2 is 1.29 bits per heavy atom. The zero-order valence-corrected chi connectivity index (χ0v) is 11.1. The molecule has 8 nitrogen and oxygen atoms in total. The molecule has 0 saturated heterocycles. The maximum Gasteiger partial charge on any atom is 0.317 e. The fraction of sp³-hybridized carbons (Fsp3) is 0.538. The van der Waals surface area contributed by atoms with E-state index in [1.807, 2.05) is 0 Å². The molecule has 1 fully saturated rings. The summed E-state index contributed by atoms with van der Waals surface area (Å²) in [6.45, 7) is 3.52. The second-order valence-electron chi connectivity index (χ2n) is 5.28. The van der Waals surface area contributed by atoms with Crippen LogP contribution in [0.4, 0.5) is 0 Å². The van der Waals surface area contributed by atoms with Gasteiger partial charge in [0.05, 0.1) is 0 Å². The Morgan fingerprint density at radius 1 is 0.952 bits per heavy atom. The van der Waals surface area contributed by atoms with Crippen molar-refractivity contribution in [2.45, 2.75) is 19.3 Å². The van der Waals surface area contributed by atoms with E-state index in [1.165, 1.54) is 6.08 Å². The summed E-state index contributed by atoms with van der Waals surface area (Å²) in [6, 6.07) is 0. The fourth-order valence-corrected chi connectivity index (χ4v) is 2.64. The van der Waals surface area contributed by atoms with Crippen molar-refractivity contribution in [3.05, 3.63) is 12.7 Å². The van der Waals surface area contributed by atoms with Crippen molar-refractivity contribution in [3.8, 4) is 0 Å². The van der Waals surface area contributed by atoms with Crippen molar-refractivity contribution in [1.29, 1.82) is 0 Å². The molecule has 0 aromatic rings. The molecule has 4 N–H and O–H groups in total. The van der Waals surface area contributed by atoms with Crippen LogP contribution in [0.25, 0.3) is 0 Å². The van der Waals surface area contributed by atoms with Crippen LogP contribution in [0.3, 0.4) is 0 Å². The third kappa shape index (κ3) is 3.59. The monoisotopic (exact) mass is 300 g/mol. The second-order valence-corrected chi connectivity index (χ2v) is 5.28. The Hall–Kier alpha value is -2.38. The first-order chi connectivity index (χ1) is 9.64. The smallest absolute Gasteiger partial charge is 0.317 e. The molecule has 1 saturated carbocycles. The van der Waals surface area contributed by atoms with Crippen LogP contribution >= 0.6 is 0 Å². The number of aliphatic carboxylic acids is 4. The summed E-state index contributed by atoms with van der Waals surface area (Å²) in [5, 5.41) is 35.6. The Balaban J connectivity index is 2.97. The summed E-state index contributed by atoms with van der Waals surface area (Å²) >= 11 is 0. The lowest BCUT2D eigenvalue weighted by Gasteiger charge is -2.21. The van der Waals surface area contributed by atoms with Gasteiger partial charge in [-0.25, -0.2) is 0 Å². The molecule has 0 spiro atoms. The second kappa shape index (κ2) is 5.94. The zero-order valence-electron chi connectivity index (χ0n) is 11.1. The minimum atomic E-state index is -1.70. The molecule has 0 amide bonds. The van der Waals surface area contributed by atoms with Gasteiger partial charge in [0.2, 0.25) is 0 Å². The van der Waals surface area contributed by atoms with Crippen LogP contribution in [0.15, 0.2) is 12.7 Å². The van der Waals surface area contributed by atoms with Gasteiger partial charge in [-0.05, 0) is 30.6 Å². The van der Waals surface area contributed by atoms with Crippen LogP contribution in [-0.2, 0) is 19.2 Å². The van der Waals surface area contributed by atoms with Gasteiger partial charge in [0.15, 0.2) is 11.8 Å². The summed E-state index contributed by atoms with van der Waals surface area (Å²) in [5.74, 6) is -9.79. The Kier molecular flexibility index (Phi) is 4.72. The normalized spacial score (nSPS) is 19.2. The minimum absolute atomic E-state index is 0.278. The highest BCUT2D eigenvalue weighted by atomic mass is 16.4. The van der Waals surface area contributed by atoms with Gasteiger partial charge >= 0.3 is 23.9 Å². The van der Waals surface area contributed by atoms with Gasteiger partial charge in [-0.2, -0.15) is 0 Å². The molecule has 0 bridgehead atoms. The molecule has 0 aliphatic heterocycles. The average Bonchev–Trinajstić information content (AvgIpc) is 3.05. The van der Waals surface area contributed by atoms with Gasteiger partial charge in [-0.15, -0.1) is 6.58 Å². The van der Waals surface area contributed by atoms with Crippen molar-refractivity contribution in [2.75, 3.05) is 0 Å². The molecule has 116 valence electrons. The molecule has 1 atom stereocenters. The first kappa shape index (κ1) is 16.7. The predicted octanol–water partition coefficient (Wildman–Crippen LogP) is 0.530. The van der Waals surface area contributed by atoms with Gasteiger partial charge in [0.1, 0.15) is 0 Å². The lowest BCUT2D eigenvalue weighted by molar-refractivity contribution is -0.155. The van der Waals surface area contributed by atoms with Crippen LogP contribution < -0.4 is 0 Å². The molecule has 8 heteroatoms. The molecule has 0 aromatic carbocycles. The van der Waals surface area contributed by atoms with E-state index in [4.69, 9.17) is 20.4 Å². The zero-order chi connectivity index (χ0) is 16.4. The largest absolute Gasteiger partial charge is 0.481 e. The third-order valence-electron chi connectivity index (χ3n) is 3.95. The number of allylic oxidation sites excluding steroid dienone is 1. The van der Waals surface area contributed by atoms with Crippen molar-refractivity contribution in [1.82, 2.24) is 0 Å². The van der Waals surface area contributed by atoms with E-state index in [0.717, 1.165) is 0 Å². The number of carbonyl (C=O) groups is 4. The SMILES string of the molecule is C=CC1CC1(CC(C(=O)O)C(=O)O)CC(C(=O)O)C(=O)O. The van der Waals surface area contributed by atoms with E-state index >= 15 is 0 Å². The standard InChI is InChI=1S/C13H16O8/c1-2-6-3-13(6,4-7(9(14)15)10(16)17)5-8(11(18)19)12(20)21/h2,6-8H,1,3-5H2,(H,14,15)(H,16,17)(H,18,19)(H,20,21). The Bertz CT molecular complexity index is 432. The van der Waals surface area contributed by atoms with E-state index < -0.39 is 41.1 Å². The molecule has 21 heavy (non-hydrogen) atoms. The molecular weight excluding hydrogens is 284 g/mol. The van der Waals surface area contributed by atoms with E-state index in [0.29, 0.717) is 6.42 Å². The number of carboxylic acids is 4. The fourth-order valence-electron chi connectivity index (χ4n) is 2.64. The summed E-state index contributed by atoms with van der Waals surface area (Å²) in [4.78, 5) is 43.8. The number of hydrogen-bond donors (Lipinski definition) is 4. The average molecular weight is 300 g/mol. The summed E-state index contributed by atoms with van der Waals surface area (Å²) in [7, 11) is 0. The van der Waals surface area contributed by atoms with Crippen LogP contribution in [0.5, 0.6) is 0 Å². The molecule has 1 rings (SSSR count). The number of hydrogen-bond acceptors (Lipinski definition) is 4. The van der Waals surface area contributed by atoms with Crippen LogP contribution in [-0.4, -0.2) is 44.3 Å². The molecule has 1 unspecified atom stereocenters. The number of carboxylic acid groups (broad SMARTS) is 4. The van der Waals surface area contributed by atoms with Crippen molar-refractivity contribution < 1.29 is 39.6 Å².